The highest BCUT2D eigenvalue weighted by molar-refractivity contribution is 5.82. The molecule has 0 heterocycles. The molecule has 0 rings (SSSR count). The lowest BCUT2D eigenvalue weighted by molar-refractivity contribution is 0.273. The van der Waals surface area contributed by atoms with E-state index >= 15 is 0 Å². The Morgan fingerprint density at radius 2 is 1.92 bits per heavy atom. The molecule has 2 N–H and O–H groups in total. The van der Waals surface area contributed by atoms with Gasteiger partial charge >= 0.3 is 0 Å². The molecule has 0 radical (unpaired) electrons. The van der Waals surface area contributed by atoms with Gasteiger partial charge in [-0.15, -0.1) is 0 Å². The van der Waals surface area contributed by atoms with Gasteiger partial charge in [0.15, 0.2) is 0 Å². The summed E-state index contributed by atoms with van der Waals surface area (Å²) in [6.45, 7) is 9.84. The van der Waals surface area contributed by atoms with E-state index < -0.39 is 0 Å². The van der Waals surface area contributed by atoms with E-state index in [2.05, 4.69) is 4.99 Å². The standard InChI is InChI=1S/C9H18N2O/c1-6-7(2)11-8(12-10)9(3,4)5/h6H,10H2,1-5H3/b7-6-,11-8?. The molecule has 12 heavy (non-hydrogen) atoms. The summed E-state index contributed by atoms with van der Waals surface area (Å²) in [6.07, 6.45) is 1.91. The molecule has 0 fully saturated rings. The molecule has 0 aromatic rings. The van der Waals surface area contributed by atoms with E-state index in [9.17, 15) is 0 Å². The minimum absolute atomic E-state index is 0.140. The van der Waals surface area contributed by atoms with E-state index in [4.69, 9.17) is 10.7 Å². The van der Waals surface area contributed by atoms with Crippen molar-refractivity contribution in [3.05, 3.63) is 11.8 Å². The molecule has 0 aliphatic carbocycles. The van der Waals surface area contributed by atoms with Crippen molar-refractivity contribution in [3.63, 3.8) is 0 Å². The summed E-state index contributed by atoms with van der Waals surface area (Å²) in [5.74, 6) is 5.66. The van der Waals surface area contributed by atoms with Crippen LogP contribution in [0, 0.1) is 5.41 Å². The second kappa shape index (κ2) is 4.26. The number of aliphatic imine (C=N–C) groups is 1. The zero-order chi connectivity index (χ0) is 9.78. The van der Waals surface area contributed by atoms with Gasteiger partial charge in [-0.25, -0.2) is 4.99 Å². The van der Waals surface area contributed by atoms with Gasteiger partial charge in [-0.2, -0.15) is 5.90 Å². The Morgan fingerprint density at radius 3 is 2.17 bits per heavy atom. The fourth-order valence-electron chi connectivity index (χ4n) is 0.596. The van der Waals surface area contributed by atoms with Crippen LogP contribution in [-0.2, 0) is 4.84 Å². The van der Waals surface area contributed by atoms with E-state index in [0.29, 0.717) is 5.90 Å². The summed E-state index contributed by atoms with van der Waals surface area (Å²) in [4.78, 5) is 8.91. The maximum Gasteiger partial charge on any atom is 0.219 e. The Bertz CT molecular complexity index is 199. The van der Waals surface area contributed by atoms with Gasteiger partial charge in [0.1, 0.15) is 0 Å². The molecule has 0 aliphatic heterocycles. The van der Waals surface area contributed by atoms with Crippen LogP contribution in [0.4, 0.5) is 0 Å². The number of hydrogen-bond acceptors (Lipinski definition) is 3. The first-order valence-electron chi connectivity index (χ1n) is 4.00. The van der Waals surface area contributed by atoms with E-state index in [1.54, 1.807) is 0 Å². The van der Waals surface area contributed by atoms with Crippen molar-refractivity contribution < 1.29 is 4.84 Å². The quantitative estimate of drug-likeness (QED) is 0.372. The van der Waals surface area contributed by atoms with Crippen LogP contribution in [0.5, 0.6) is 0 Å². The Kier molecular flexibility index (Phi) is 3.96. The molecule has 3 heteroatoms. The van der Waals surface area contributed by atoms with Gasteiger partial charge in [-0.3, -0.25) is 0 Å². The molecule has 3 nitrogen and oxygen atoms in total. The van der Waals surface area contributed by atoms with Crippen molar-refractivity contribution in [2.24, 2.45) is 16.3 Å². The fraction of sp³-hybridized carbons (Fsp3) is 0.667. The van der Waals surface area contributed by atoms with E-state index in [0.717, 1.165) is 5.70 Å². The van der Waals surface area contributed by atoms with Crippen LogP contribution in [0.3, 0.4) is 0 Å². The van der Waals surface area contributed by atoms with Crippen molar-refractivity contribution in [2.45, 2.75) is 34.6 Å². The van der Waals surface area contributed by atoms with Crippen LogP contribution >= 0.6 is 0 Å². The molecule has 0 bridgehead atoms. The molecule has 0 aromatic carbocycles. The highest BCUT2D eigenvalue weighted by Crippen LogP contribution is 2.17. The first-order valence-corrected chi connectivity index (χ1v) is 4.00. The molecule has 0 aromatic heterocycles. The first kappa shape index (κ1) is 11.2. The van der Waals surface area contributed by atoms with E-state index in [1.807, 2.05) is 40.7 Å². The van der Waals surface area contributed by atoms with Crippen LogP contribution in [0.1, 0.15) is 34.6 Å². The van der Waals surface area contributed by atoms with Gasteiger partial charge in [-0.1, -0.05) is 26.8 Å². The predicted octanol–water partition coefficient (Wildman–Crippen LogP) is 2.25. The Morgan fingerprint density at radius 1 is 1.42 bits per heavy atom. The number of nitrogens with two attached hydrogens (primary N) is 1. The van der Waals surface area contributed by atoms with Crippen molar-refractivity contribution >= 4 is 5.90 Å². The van der Waals surface area contributed by atoms with Crippen LogP contribution < -0.4 is 5.90 Å². The van der Waals surface area contributed by atoms with Crippen LogP contribution in [-0.4, -0.2) is 5.90 Å². The monoisotopic (exact) mass is 170 g/mol. The number of nitrogens with zero attached hydrogens (tertiary/aromatic N) is 1. The lowest BCUT2D eigenvalue weighted by atomic mass is 9.97. The zero-order valence-corrected chi connectivity index (χ0v) is 8.51. The van der Waals surface area contributed by atoms with Gasteiger partial charge in [0.05, 0.1) is 0 Å². The molecule has 0 unspecified atom stereocenters. The molecular formula is C9H18N2O. The maximum atomic E-state index is 5.10. The third kappa shape index (κ3) is 3.53. The van der Waals surface area contributed by atoms with Crippen molar-refractivity contribution in [1.29, 1.82) is 0 Å². The summed E-state index contributed by atoms with van der Waals surface area (Å²) < 4.78 is 0. The molecule has 0 spiro atoms. The van der Waals surface area contributed by atoms with Gasteiger partial charge in [0.25, 0.3) is 0 Å². The lowest BCUT2D eigenvalue weighted by Gasteiger charge is -2.18. The predicted molar refractivity (Wildman–Crippen MR) is 51.6 cm³/mol. The molecule has 0 aliphatic rings. The molecule has 0 saturated carbocycles. The summed E-state index contributed by atoms with van der Waals surface area (Å²) in [7, 11) is 0. The Balaban J connectivity index is 4.68. The van der Waals surface area contributed by atoms with Crippen LogP contribution in [0.25, 0.3) is 0 Å². The van der Waals surface area contributed by atoms with Crippen LogP contribution in [0.15, 0.2) is 16.8 Å². The van der Waals surface area contributed by atoms with E-state index in [1.165, 1.54) is 0 Å². The van der Waals surface area contributed by atoms with Gasteiger partial charge in [0.2, 0.25) is 5.90 Å². The zero-order valence-electron chi connectivity index (χ0n) is 8.51. The Hall–Kier alpha value is -0.830. The second-order valence-electron chi connectivity index (χ2n) is 3.71. The first-order chi connectivity index (χ1) is 5.41. The smallest absolute Gasteiger partial charge is 0.219 e. The maximum absolute atomic E-state index is 5.10. The normalized spacial score (nSPS) is 14.8. The molecular weight excluding hydrogens is 152 g/mol. The highest BCUT2D eigenvalue weighted by atomic mass is 16.6. The van der Waals surface area contributed by atoms with Gasteiger partial charge < -0.3 is 4.84 Å². The topological polar surface area (TPSA) is 47.6 Å². The average Bonchev–Trinajstić information content (AvgIpc) is 1.97. The fourth-order valence-corrected chi connectivity index (χ4v) is 0.596. The summed E-state index contributed by atoms with van der Waals surface area (Å²) in [5, 5.41) is 0. The number of hydrogen-bond donors (Lipinski definition) is 1. The SMILES string of the molecule is C/C=C(/C)N=C(ON)C(C)(C)C. The lowest BCUT2D eigenvalue weighted by Crippen LogP contribution is -2.26. The number of allylic oxidation sites excluding steroid dienone is 2. The van der Waals surface area contributed by atoms with Crippen molar-refractivity contribution in [1.82, 2.24) is 0 Å². The molecule has 0 atom stereocenters. The van der Waals surface area contributed by atoms with Crippen molar-refractivity contribution in [2.75, 3.05) is 0 Å². The molecule has 0 saturated heterocycles. The second-order valence-corrected chi connectivity index (χ2v) is 3.71. The third-order valence-electron chi connectivity index (χ3n) is 1.45. The largest absolute Gasteiger partial charge is 0.395 e. The average molecular weight is 170 g/mol. The summed E-state index contributed by atoms with van der Waals surface area (Å²) in [5.41, 5.74) is 0.768. The third-order valence-corrected chi connectivity index (χ3v) is 1.45. The summed E-state index contributed by atoms with van der Waals surface area (Å²) >= 11 is 0. The van der Waals surface area contributed by atoms with Gasteiger partial charge in [0, 0.05) is 11.1 Å². The minimum Gasteiger partial charge on any atom is -0.395 e. The minimum atomic E-state index is -0.140. The van der Waals surface area contributed by atoms with Gasteiger partial charge in [-0.05, 0) is 13.8 Å². The van der Waals surface area contributed by atoms with Crippen LogP contribution in [0.2, 0.25) is 0 Å². The summed E-state index contributed by atoms with van der Waals surface area (Å²) in [6, 6.07) is 0. The highest BCUT2D eigenvalue weighted by Gasteiger charge is 2.20. The van der Waals surface area contributed by atoms with E-state index in [-0.39, 0.29) is 5.41 Å². The molecule has 0 amide bonds. The number of rotatable bonds is 1. The Labute approximate surface area is 74.3 Å². The van der Waals surface area contributed by atoms with Crippen molar-refractivity contribution in [3.8, 4) is 0 Å². The molecule has 70 valence electrons.